The van der Waals surface area contributed by atoms with Gasteiger partial charge in [0.15, 0.2) is 5.16 Å². The monoisotopic (exact) mass is 457 g/mol. The number of nitrogen functional groups attached to an aromatic ring is 1. The van der Waals surface area contributed by atoms with Crippen LogP contribution < -0.4 is 5.73 Å². The molecule has 0 fully saturated rings. The van der Waals surface area contributed by atoms with E-state index >= 15 is 0 Å². The van der Waals surface area contributed by atoms with Crippen molar-refractivity contribution in [2.45, 2.75) is 24.3 Å². The molecule has 4 aromatic rings. The van der Waals surface area contributed by atoms with Crippen LogP contribution in [0.5, 0.6) is 0 Å². The van der Waals surface area contributed by atoms with Gasteiger partial charge in [-0.05, 0) is 48.4 Å². The largest absolute Gasteiger partial charge is 0.420 e. The van der Waals surface area contributed by atoms with E-state index in [0.29, 0.717) is 38.6 Å². The minimum Gasteiger partial charge on any atom is -0.420 e. The zero-order valence-corrected chi connectivity index (χ0v) is 18.3. The Balaban J connectivity index is 1.52. The Morgan fingerprint density at radius 3 is 2.17 bits per heavy atom. The number of nitrogens with zero attached hydrogens (tertiary/aromatic N) is 4. The van der Waals surface area contributed by atoms with Gasteiger partial charge in [0.2, 0.25) is 11.8 Å². The molecule has 0 saturated carbocycles. The maximum Gasteiger partial charge on any atom is 0.247 e. The number of rotatable bonds is 6. The topological polar surface area (TPSA) is 90.7 Å². The standard InChI is InChI=1S/C21H17Cl2N5OS/c1-2-16-18(12-3-7-14(22)8-4-12)19(24)26-21(25-16)30-11-17-27-28-20(29-17)13-5-9-15(23)10-6-13/h3-10H,2,11H2,1H3,(H2,24,25,26). The molecule has 4 rings (SSSR count). The van der Waals surface area contributed by atoms with Crippen molar-refractivity contribution >= 4 is 40.8 Å². The average molecular weight is 458 g/mol. The molecular weight excluding hydrogens is 441 g/mol. The first-order valence-electron chi connectivity index (χ1n) is 9.17. The molecule has 0 radical (unpaired) electrons. The molecule has 0 aliphatic rings. The van der Waals surface area contributed by atoms with Gasteiger partial charge in [-0.15, -0.1) is 10.2 Å². The number of hydrogen-bond donors (Lipinski definition) is 1. The van der Waals surface area contributed by atoms with E-state index in [1.54, 1.807) is 12.1 Å². The zero-order chi connectivity index (χ0) is 21.1. The highest BCUT2D eigenvalue weighted by Gasteiger charge is 2.15. The number of aryl methyl sites for hydroxylation is 1. The van der Waals surface area contributed by atoms with E-state index in [2.05, 4.69) is 20.2 Å². The fourth-order valence-corrected chi connectivity index (χ4v) is 3.86. The zero-order valence-electron chi connectivity index (χ0n) is 16.0. The SMILES string of the molecule is CCc1nc(SCc2nnc(-c3ccc(Cl)cc3)o2)nc(N)c1-c1ccc(Cl)cc1. The van der Waals surface area contributed by atoms with E-state index < -0.39 is 0 Å². The number of hydrogen-bond acceptors (Lipinski definition) is 7. The predicted molar refractivity (Wildman–Crippen MR) is 121 cm³/mol. The summed E-state index contributed by atoms with van der Waals surface area (Å²) >= 11 is 13.3. The summed E-state index contributed by atoms with van der Waals surface area (Å²) in [6.07, 6.45) is 0.722. The molecule has 0 atom stereocenters. The molecule has 6 nitrogen and oxygen atoms in total. The van der Waals surface area contributed by atoms with Crippen LogP contribution in [0.25, 0.3) is 22.6 Å². The number of halogens is 2. The van der Waals surface area contributed by atoms with Gasteiger partial charge in [0.25, 0.3) is 0 Å². The molecule has 152 valence electrons. The molecule has 0 amide bonds. The average Bonchev–Trinajstić information content (AvgIpc) is 3.22. The maximum absolute atomic E-state index is 6.27. The first kappa shape index (κ1) is 20.7. The first-order valence-corrected chi connectivity index (χ1v) is 10.9. The Morgan fingerprint density at radius 2 is 1.53 bits per heavy atom. The van der Waals surface area contributed by atoms with Gasteiger partial charge in [0.05, 0.1) is 11.4 Å². The van der Waals surface area contributed by atoms with Crippen LogP contribution >= 0.6 is 35.0 Å². The highest BCUT2D eigenvalue weighted by Crippen LogP contribution is 2.32. The predicted octanol–water partition coefficient (Wildman–Crippen LogP) is 5.94. The lowest BCUT2D eigenvalue weighted by Gasteiger charge is -2.12. The molecule has 2 aromatic carbocycles. The summed E-state index contributed by atoms with van der Waals surface area (Å²) < 4.78 is 5.74. The minimum absolute atomic E-state index is 0.430. The normalized spacial score (nSPS) is 11.0. The van der Waals surface area contributed by atoms with E-state index in [0.717, 1.165) is 28.8 Å². The van der Waals surface area contributed by atoms with E-state index in [-0.39, 0.29) is 0 Å². The molecule has 0 aliphatic carbocycles. The molecule has 30 heavy (non-hydrogen) atoms. The van der Waals surface area contributed by atoms with Gasteiger partial charge in [-0.1, -0.05) is 54.0 Å². The second kappa shape index (κ2) is 9.04. The third-order valence-corrected chi connectivity index (χ3v) is 5.68. The Hall–Kier alpha value is -2.61. The van der Waals surface area contributed by atoms with E-state index in [4.69, 9.17) is 33.4 Å². The summed E-state index contributed by atoms with van der Waals surface area (Å²) in [6.45, 7) is 2.03. The van der Waals surface area contributed by atoms with Crippen LogP contribution in [0.3, 0.4) is 0 Å². The molecule has 9 heteroatoms. The van der Waals surface area contributed by atoms with Crippen molar-refractivity contribution in [1.82, 2.24) is 20.2 Å². The van der Waals surface area contributed by atoms with Crippen LogP contribution in [0.4, 0.5) is 5.82 Å². The first-order chi connectivity index (χ1) is 14.5. The highest BCUT2D eigenvalue weighted by molar-refractivity contribution is 7.98. The minimum atomic E-state index is 0.430. The fourth-order valence-electron chi connectivity index (χ4n) is 2.90. The Labute approximate surface area is 187 Å². The maximum atomic E-state index is 6.27. The van der Waals surface area contributed by atoms with Crippen LogP contribution in [0.15, 0.2) is 58.1 Å². The number of nitrogens with two attached hydrogens (primary N) is 1. The summed E-state index contributed by atoms with van der Waals surface area (Å²) in [5.41, 5.74) is 9.73. The summed E-state index contributed by atoms with van der Waals surface area (Å²) in [5, 5.41) is 10.1. The van der Waals surface area contributed by atoms with Crippen molar-refractivity contribution in [3.05, 3.63) is 70.2 Å². The number of benzene rings is 2. The van der Waals surface area contributed by atoms with E-state index in [9.17, 15) is 0 Å². The van der Waals surface area contributed by atoms with Crippen LogP contribution in [-0.4, -0.2) is 20.2 Å². The quantitative estimate of drug-likeness (QED) is 0.283. The van der Waals surface area contributed by atoms with Gasteiger partial charge < -0.3 is 10.2 Å². The van der Waals surface area contributed by atoms with Crippen LogP contribution in [0, 0.1) is 0 Å². The van der Waals surface area contributed by atoms with Crippen molar-refractivity contribution in [3.8, 4) is 22.6 Å². The van der Waals surface area contributed by atoms with Crippen molar-refractivity contribution in [1.29, 1.82) is 0 Å². The molecule has 0 saturated heterocycles. The number of anilines is 1. The van der Waals surface area contributed by atoms with Crippen LogP contribution in [-0.2, 0) is 12.2 Å². The van der Waals surface area contributed by atoms with Gasteiger partial charge in [-0.25, -0.2) is 9.97 Å². The highest BCUT2D eigenvalue weighted by atomic mass is 35.5. The van der Waals surface area contributed by atoms with Crippen molar-refractivity contribution < 1.29 is 4.42 Å². The van der Waals surface area contributed by atoms with Gasteiger partial charge in [-0.3, -0.25) is 0 Å². The third kappa shape index (κ3) is 4.59. The second-order valence-corrected chi connectivity index (χ2v) is 8.19. The van der Waals surface area contributed by atoms with Gasteiger partial charge in [0, 0.05) is 21.2 Å². The van der Waals surface area contributed by atoms with Crippen LogP contribution in [0.2, 0.25) is 10.0 Å². The molecule has 0 aliphatic heterocycles. The van der Waals surface area contributed by atoms with Crippen LogP contribution in [0.1, 0.15) is 18.5 Å². The Morgan fingerprint density at radius 1 is 0.900 bits per heavy atom. The molecule has 2 aromatic heterocycles. The summed E-state index contributed by atoms with van der Waals surface area (Å²) in [4.78, 5) is 9.14. The van der Waals surface area contributed by atoms with E-state index in [1.165, 1.54) is 11.8 Å². The summed E-state index contributed by atoms with van der Waals surface area (Å²) in [7, 11) is 0. The second-order valence-electron chi connectivity index (χ2n) is 6.37. The van der Waals surface area contributed by atoms with Crippen molar-refractivity contribution in [3.63, 3.8) is 0 Å². The van der Waals surface area contributed by atoms with Gasteiger partial charge >= 0.3 is 0 Å². The molecule has 0 bridgehead atoms. The molecular formula is C21H17Cl2N5OS. The van der Waals surface area contributed by atoms with Gasteiger partial charge in [-0.2, -0.15) is 0 Å². The van der Waals surface area contributed by atoms with E-state index in [1.807, 2.05) is 43.3 Å². The lowest BCUT2D eigenvalue weighted by atomic mass is 10.0. The van der Waals surface area contributed by atoms with Gasteiger partial charge in [0.1, 0.15) is 5.82 Å². The molecule has 2 heterocycles. The Kier molecular flexibility index (Phi) is 6.22. The summed E-state index contributed by atoms with van der Waals surface area (Å²) in [6, 6.07) is 14.7. The fraction of sp³-hybridized carbons (Fsp3) is 0.143. The number of thioether (sulfide) groups is 1. The Bertz CT molecular complexity index is 1160. The summed E-state index contributed by atoms with van der Waals surface area (Å²) in [5.74, 6) is 1.78. The molecule has 0 unspecified atom stereocenters. The lowest BCUT2D eigenvalue weighted by molar-refractivity contribution is 0.528. The lowest BCUT2D eigenvalue weighted by Crippen LogP contribution is -2.04. The van der Waals surface area contributed by atoms with Crippen molar-refractivity contribution in [2.24, 2.45) is 0 Å². The number of aromatic nitrogens is 4. The molecule has 2 N–H and O–H groups in total. The molecule has 0 spiro atoms. The van der Waals surface area contributed by atoms with Crippen molar-refractivity contribution in [2.75, 3.05) is 5.73 Å². The smallest absolute Gasteiger partial charge is 0.247 e. The third-order valence-electron chi connectivity index (χ3n) is 4.34.